The van der Waals surface area contributed by atoms with Crippen LogP contribution in [0.3, 0.4) is 0 Å². The maximum Gasteiger partial charge on any atom is 0.306 e. The number of ether oxygens (including phenoxy) is 1. The van der Waals surface area contributed by atoms with E-state index < -0.39 is 5.97 Å². The standard InChI is InChI=1S/C22H23N3O4/c1-15-3-7-17(8-4-15)13-23-19(26)14-28-21(27)12-11-20-24-25-22(29-20)18-9-5-16(2)6-10-18/h3-10H,11-14H2,1-2H3,(H,23,26). The van der Waals surface area contributed by atoms with Crippen molar-refractivity contribution in [2.75, 3.05) is 6.61 Å². The number of hydrogen-bond acceptors (Lipinski definition) is 6. The molecule has 0 saturated heterocycles. The molecule has 7 heteroatoms. The van der Waals surface area contributed by atoms with Gasteiger partial charge in [-0.15, -0.1) is 10.2 Å². The lowest BCUT2D eigenvalue weighted by molar-refractivity contribution is -0.148. The fourth-order valence-corrected chi connectivity index (χ4v) is 2.55. The Morgan fingerprint density at radius 3 is 2.31 bits per heavy atom. The zero-order valence-electron chi connectivity index (χ0n) is 16.5. The number of nitrogens with zero attached hydrogens (tertiary/aromatic N) is 2. The zero-order valence-corrected chi connectivity index (χ0v) is 16.5. The van der Waals surface area contributed by atoms with Crippen LogP contribution >= 0.6 is 0 Å². The molecule has 2 aromatic carbocycles. The van der Waals surface area contributed by atoms with Crippen LogP contribution in [-0.4, -0.2) is 28.7 Å². The second-order valence-corrected chi connectivity index (χ2v) is 6.79. The normalized spacial score (nSPS) is 10.6. The Morgan fingerprint density at radius 1 is 0.966 bits per heavy atom. The summed E-state index contributed by atoms with van der Waals surface area (Å²) in [5, 5.41) is 10.7. The summed E-state index contributed by atoms with van der Waals surface area (Å²) in [4.78, 5) is 23.7. The summed E-state index contributed by atoms with van der Waals surface area (Å²) in [5.41, 5.74) is 4.10. The number of aryl methyl sites for hydroxylation is 3. The lowest BCUT2D eigenvalue weighted by atomic mass is 10.1. The predicted octanol–water partition coefficient (Wildman–Crippen LogP) is 3.15. The number of aromatic nitrogens is 2. The molecule has 0 bridgehead atoms. The fourth-order valence-electron chi connectivity index (χ4n) is 2.55. The summed E-state index contributed by atoms with van der Waals surface area (Å²) in [7, 11) is 0. The molecule has 0 unspecified atom stereocenters. The van der Waals surface area contributed by atoms with Gasteiger partial charge in [0.05, 0.1) is 6.42 Å². The first-order valence-corrected chi connectivity index (χ1v) is 9.37. The highest BCUT2D eigenvalue weighted by Gasteiger charge is 2.12. The van der Waals surface area contributed by atoms with Crippen molar-refractivity contribution in [3.05, 3.63) is 71.1 Å². The van der Waals surface area contributed by atoms with Crippen molar-refractivity contribution in [2.24, 2.45) is 0 Å². The Labute approximate surface area is 169 Å². The third-order valence-corrected chi connectivity index (χ3v) is 4.28. The van der Waals surface area contributed by atoms with Crippen LogP contribution in [0.4, 0.5) is 0 Å². The quantitative estimate of drug-likeness (QED) is 0.591. The third kappa shape index (κ3) is 6.27. The number of carbonyl (C=O) groups excluding carboxylic acids is 2. The Bertz CT molecular complexity index is 962. The molecule has 29 heavy (non-hydrogen) atoms. The average molecular weight is 393 g/mol. The molecule has 1 amide bonds. The van der Waals surface area contributed by atoms with E-state index in [1.165, 1.54) is 0 Å². The van der Waals surface area contributed by atoms with Crippen molar-refractivity contribution >= 4 is 11.9 Å². The number of esters is 1. The van der Waals surface area contributed by atoms with Gasteiger partial charge in [-0.25, -0.2) is 0 Å². The molecule has 3 rings (SSSR count). The minimum absolute atomic E-state index is 0.0563. The van der Waals surface area contributed by atoms with Gasteiger partial charge >= 0.3 is 5.97 Å². The Morgan fingerprint density at radius 2 is 1.62 bits per heavy atom. The van der Waals surface area contributed by atoms with Crippen LogP contribution in [0.1, 0.15) is 29.0 Å². The van der Waals surface area contributed by atoms with Gasteiger partial charge in [-0.2, -0.15) is 0 Å². The summed E-state index contributed by atoms with van der Waals surface area (Å²) in [6, 6.07) is 15.5. The number of nitrogens with one attached hydrogen (secondary N) is 1. The molecule has 1 N–H and O–H groups in total. The van der Waals surface area contributed by atoms with Crippen LogP contribution in [-0.2, 0) is 27.3 Å². The third-order valence-electron chi connectivity index (χ3n) is 4.28. The van der Waals surface area contributed by atoms with Crippen LogP contribution in [0.2, 0.25) is 0 Å². The summed E-state index contributed by atoms with van der Waals surface area (Å²) < 4.78 is 10.6. The summed E-state index contributed by atoms with van der Waals surface area (Å²) in [6.07, 6.45) is 0.309. The van der Waals surface area contributed by atoms with Gasteiger partial charge in [0, 0.05) is 18.5 Å². The van der Waals surface area contributed by atoms with E-state index in [9.17, 15) is 9.59 Å². The summed E-state index contributed by atoms with van der Waals surface area (Å²) in [6.45, 7) is 4.07. The maximum atomic E-state index is 11.9. The zero-order chi connectivity index (χ0) is 20.6. The van der Waals surface area contributed by atoms with Crippen LogP contribution in [0.5, 0.6) is 0 Å². The number of rotatable bonds is 8. The average Bonchev–Trinajstić information content (AvgIpc) is 3.20. The first-order chi connectivity index (χ1) is 14.0. The van der Waals surface area contributed by atoms with Crippen molar-refractivity contribution in [3.63, 3.8) is 0 Å². The molecule has 3 aromatic rings. The highest BCUT2D eigenvalue weighted by Crippen LogP contribution is 2.18. The van der Waals surface area contributed by atoms with Crippen LogP contribution in [0.15, 0.2) is 52.9 Å². The summed E-state index contributed by atoms with van der Waals surface area (Å²) >= 11 is 0. The van der Waals surface area contributed by atoms with Crippen molar-refractivity contribution in [3.8, 4) is 11.5 Å². The van der Waals surface area contributed by atoms with E-state index in [2.05, 4.69) is 15.5 Å². The monoisotopic (exact) mass is 393 g/mol. The molecular weight excluding hydrogens is 370 g/mol. The van der Waals surface area contributed by atoms with E-state index in [4.69, 9.17) is 9.15 Å². The largest absolute Gasteiger partial charge is 0.456 e. The Hall–Kier alpha value is -3.48. The highest BCUT2D eigenvalue weighted by molar-refractivity contribution is 5.80. The van der Waals surface area contributed by atoms with Crippen LogP contribution in [0.25, 0.3) is 11.5 Å². The molecule has 7 nitrogen and oxygen atoms in total. The molecule has 1 aromatic heterocycles. The van der Waals surface area contributed by atoms with Gasteiger partial charge in [-0.1, -0.05) is 47.5 Å². The maximum absolute atomic E-state index is 11.9. The van der Waals surface area contributed by atoms with E-state index in [1.807, 2.05) is 62.4 Å². The van der Waals surface area contributed by atoms with E-state index in [-0.39, 0.29) is 25.4 Å². The Balaban J connectivity index is 1.38. The van der Waals surface area contributed by atoms with Gasteiger partial charge in [0.15, 0.2) is 6.61 Å². The van der Waals surface area contributed by atoms with Gasteiger partial charge in [-0.3, -0.25) is 9.59 Å². The van der Waals surface area contributed by atoms with E-state index in [1.54, 1.807) is 0 Å². The fraction of sp³-hybridized carbons (Fsp3) is 0.273. The second-order valence-electron chi connectivity index (χ2n) is 6.79. The molecule has 0 spiro atoms. The van der Waals surface area contributed by atoms with Crippen molar-refractivity contribution in [1.29, 1.82) is 0 Å². The molecule has 0 aliphatic carbocycles. The molecule has 0 aliphatic rings. The van der Waals surface area contributed by atoms with Gasteiger partial charge in [0.2, 0.25) is 11.8 Å². The number of carbonyl (C=O) groups is 2. The van der Waals surface area contributed by atoms with Crippen molar-refractivity contribution < 1.29 is 18.7 Å². The second kappa shape index (κ2) is 9.64. The lowest BCUT2D eigenvalue weighted by Gasteiger charge is -2.06. The van der Waals surface area contributed by atoms with Crippen LogP contribution in [0, 0.1) is 13.8 Å². The molecule has 0 radical (unpaired) electrons. The molecular formula is C22H23N3O4. The smallest absolute Gasteiger partial charge is 0.306 e. The van der Waals surface area contributed by atoms with Gasteiger partial charge in [0.1, 0.15) is 0 Å². The van der Waals surface area contributed by atoms with Crippen molar-refractivity contribution in [1.82, 2.24) is 15.5 Å². The number of amides is 1. The SMILES string of the molecule is Cc1ccc(CNC(=O)COC(=O)CCc2nnc(-c3ccc(C)cc3)o2)cc1. The van der Waals surface area contributed by atoms with E-state index >= 15 is 0 Å². The van der Waals surface area contributed by atoms with Crippen molar-refractivity contribution in [2.45, 2.75) is 33.2 Å². The first-order valence-electron chi connectivity index (χ1n) is 9.37. The van der Waals surface area contributed by atoms with Gasteiger partial charge in [-0.05, 0) is 31.5 Å². The molecule has 0 atom stereocenters. The molecule has 0 aliphatic heterocycles. The van der Waals surface area contributed by atoms with E-state index in [0.717, 1.165) is 22.3 Å². The molecule has 0 fully saturated rings. The topological polar surface area (TPSA) is 94.3 Å². The molecule has 150 valence electrons. The molecule has 0 saturated carbocycles. The number of hydrogen-bond donors (Lipinski definition) is 1. The van der Waals surface area contributed by atoms with E-state index in [0.29, 0.717) is 18.3 Å². The van der Waals surface area contributed by atoms with Gasteiger partial charge < -0.3 is 14.5 Å². The first kappa shape index (κ1) is 20.3. The highest BCUT2D eigenvalue weighted by atomic mass is 16.5. The Kier molecular flexibility index (Phi) is 6.73. The van der Waals surface area contributed by atoms with Gasteiger partial charge in [0.25, 0.3) is 5.91 Å². The minimum Gasteiger partial charge on any atom is -0.456 e. The predicted molar refractivity (Wildman–Crippen MR) is 107 cm³/mol. The number of benzene rings is 2. The lowest BCUT2D eigenvalue weighted by Crippen LogP contribution is -2.28. The van der Waals surface area contributed by atoms with Crippen LogP contribution < -0.4 is 5.32 Å². The minimum atomic E-state index is -0.495. The summed E-state index contributed by atoms with van der Waals surface area (Å²) in [5.74, 6) is -0.0888. The molecule has 1 heterocycles.